The zero-order valence-corrected chi connectivity index (χ0v) is 11.9. The summed E-state index contributed by atoms with van der Waals surface area (Å²) in [4.78, 5) is 11.1. The van der Waals surface area contributed by atoms with Gasteiger partial charge in [0.2, 0.25) is 5.91 Å². The molecule has 0 heterocycles. The molecule has 0 unspecified atom stereocenters. The summed E-state index contributed by atoms with van der Waals surface area (Å²) in [5.41, 5.74) is 5.09. The molecule has 0 atom stereocenters. The van der Waals surface area contributed by atoms with Crippen molar-refractivity contribution in [1.29, 1.82) is 0 Å². The van der Waals surface area contributed by atoms with E-state index in [1.807, 2.05) is 6.92 Å². The van der Waals surface area contributed by atoms with Gasteiger partial charge in [-0.15, -0.1) is 0 Å². The molecule has 0 saturated carbocycles. The molecule has 1 aromatic rings. The third kappa shape index (κ3) is 4.40. The first-order chi connectivity index (χ1) is 8.54. The molecule has 0 spiro atoms. The highest BCUT2D eigenvalue weighted by Crippen LogP contribution is 2.21. The van der Waals surface area contributed by atoms with E-state index < -0.39 is 0 Å². The van der Waals surface area contributed by atoms with Crippen molar-refractivity contribution in [2.75, 3.05) is 18.4 Å². The fraction of sp³-hybridized carbons (Fsp3) is 0.533. The Labute approximate surface area is 110 Å². The summed E-state index contributed by atoms with van der Waals surface area (Å²) in [6.45, 7) is 9.86. The van der Waals surface area contributed by atoms with Gasteiger partial charge in [0.1, 0.15) is 0 Å². The van der Waals surface area contributed by atoms with Crippen molar-refractivity contribution in [3.63, 3.8) is 0 Å². The Kier molecular flexibility index (Phi) is 5.69. The number of anilines is 1. The minimum absolute atomic E-state index is 0.123. The summed E-state index contributed by atoms with van der Waals surface area (Å²) in [5.74, 6) is 0.123. The van der Waals surface area contributed by atoms with Crippen molar-refractivity contribution in [1.82, 2.24) is 5.32 Å². The predicted molar refractivity (Wildman–Crippen MR) is 77.1 cm³/mol. The molecule has 1 amide bonds. The second-order valence-electron chi connectivity index (χ2n) is 4.76. The molecule has 100 valence electrons. The highest BCUT2D eigenvalue weighted by Gasteiger charge is 2.02. The van der Waals surface area contributed by atoms with Crippen molar-refractivity contribution in [2.24, 2.45) is 0 Å². The van der Waals surface area contributed by atoms with Crippen LogP contribution in [-0.4, -0.2) is 19.0 Å². The molecule has 0 fully saturated rings. The standard InChI is InChI=1S/C15H24N2O/c1-5-14(18)16-7-6-8-17-15-12(3)9-11(2)10-13(15)4/h9-10,17H,5-8H2,1-4H3,(H,16,18). The van der Waals surface area contributed by atoms with E-state index >= 15 is 0 Å². The van der Waals surface area contributed by atoms with Crippen LogP contribution in [0.25, 0.3) is 0 Å². The number of hydrogen-bond donors (Lipinski definition) is 2. The lowest BCUT2D eigenvalue weighted by Crippen LogP contribution is -2.24. The third-order valence-corrected chi connectivity index (χ3v) is 2.98. The molecule has 0 saturated heterocycles. The molecule has 0 aliphatic heterocycles. The molecular formula is C15H24N2O. The first-order valence-corrected chi connectivity index (χ1v) is 6.63. The first kappa shape index (κ1) is 14.6. The zero-order chi connectivity index (χ0) is 13.5. The Morgan fingerprint density at radius 1 is 1.11 bits per heavy atom. The number of benzene rings is 1. The highest BCUT2D eigenvalue weighted by molar-refractivity contribution is 5.75. The van der Waals surface area contributed by atoms with Crippen LogP contribution in [0.1, 0.15) is 36.5 Å². The molecule has 0 bridgehead atoms. The van der Waals surface area contributed by atoms with E-state index in [0.717, 1.165) is 19.5 Å². The lowest BCUT2D eigenvalue weighted by Gasteiger charge is -2.14. The van der Waals surface area contributed by atoms with E-state index in [2.05, 4.69) is 43.5 Å². The molecule has 1 aromatic carbocycles. The molecule has 0 aliphatic carbocycles. The van der Waals surface area contributed by atoms with Crippen LogP contribution in [0, 0.1) is 20.8 Å². The normalized spacial score (nSPS) is 10.2. The molecule has 0 aromatic heterocycles. The van der Waals surface area contributed by atoms with Gasteiger partial charge in [0, 0.05) is 25.2 Å². The summed E-state index contributed by atoms with van der Waals surface area (Å²) in [6.07, 6.45) is 1.50. The SMILES string of the molecule is CCC(=O)NCCCNc1c(C)cc(C)cc1C. The number of amides is 1. The summed E-state index contributed by atoms with van der Waals surface area (Å²) in [6, 6.07) is 4.38. The summed E-state index contributed by atoms with van der Waals surface area (Å²) >= 11 is 0. The maximum Gasteiger partial charge on any atom is 0.219 e. The Hall–Kier alpha value is -1.51. The summed E-state index contributed by atoms with van der Waals surface area (Å²) in [5, 5.41) is 6.33. The fourth-order valence-corrected chi connectivity index (χ4v) is 2.11. The lowest BCUT2D eigenvalue weighted by atomic mass is 10.1. The quantitative estimate of drug-likeness (QED) is 0.760. The van der Waals surface area contributed by atoms with E-state index in [1.54, 1.807) is 0 Å². The van der Waals surface area contributed by atoms with Gasteiger partial charge < -0.3 is 10.6 Å². The molecule has 3 nitrogen and oxygen atoms in total. The van der Waals surface area contributed by atoms with E-state index in [1.165, 1.54) is 22.4 Å². The average molecular weight is 248 g/mol. The largest absolute Gasteiger partial charge is 0.385 e. The maximum atomic E-state index is 11.1. The summed E-state index contributed by atoms with van der Waals surface area (Å²) < 4.78 is 0. The van der Waals surface area contributed by atoms with E-state index in [9.17, 15) is 4.79 Å². The van der Waals surface area contributed by atoms with Gasteiger partial charge in [-0.2, -0.15) is 0 Å². The van der Waals surface area contributed by atoms with Crippen LogP contribution in [-0.2, 0) is 4.79 Å². The van der Waals surface area contributed by atoms with Gasteiger partial charge in [-0.05, 0) is 38.3 Å². The van der Waals surface area contributed by atoms with Crippen LogP contribution >= 0.6 is 0 Å². The van der Waals surface area contributed by atoms with Gasteiger partial charge in [-0.25, -0.2) is 0 Å². The van der Waals surface area contributed by atoms with Crippen molar-refractivity contribution < 1.29 is 4.79 Å². The monoisotopic (exact) mass is 248 g/mol. The topological polar surface area (TPSA) is 41.1 Å². The van der Waals surface area contributed by atoms with Crippen molar-refractivity contribution in [3.8, 4) is 0 Å². The zero-order valence-electron chi connectivity index (χ0n) is 11.9. The Bertz CT molecular complexity index is 390. The number of carbonyl (C=O) groups is 1. The Morgan fingerprint density at radius 2 is 1.72 bits per heavy atom. The number of hydrogen-bond acceptors (Lipinski definition) is 2. The van der Waals surface area contributed by atoms with Crippen LogP contribution in [0.3, 0.4) is 0 Å². The van der Waals surface area contributed by atoms with Gasteiger partial charge in [-0.3, -0.25) is 4.79 Å². The van der Waals surface area contributed by atoms with Crippen LogP contribution < -0.4 is 10.6 Å². The van der Waals surface area contributed by atoms with E-state index in [4.69, 9.17) is 0 Å². The average Bonchev–Trinajstić information content (AvgIpc) is 2.31. The minimum atomic E-state index is 0.123. The van der Waals surface area contributed by atoms with Crippen molar-refractivity contribution in [2.45, 2.75) is 40.5 Å². The Balaban J connectivity index is 2.38. The van der Waals surface area contributed by atoms with E-state index in [0.29, 0.717) is 6.42 Å². The molecule has 0 aliphatic rings. The molecule has 2 N–H and O–H groups in total. The van der Waals surface area contributed by atoms with Gasteiger partial charge in [-0.1, -0.05) is 24.6 Å². The second-order valence-corrected chi connectivity index (χ2v) is 4.76. The number of aryl methyl sites for hydroxylation is 3. The molecule has 1 rings (SSSR count). The van der Waals surface area contributed by atoms with Crippen LogP contribution in [0.15, 0.2) is 12.1 Å². The molecule has 3 heteroatoms. The fourth-order valence-electron chi connectivity index (χ4n) is 2.11. The van der Waals surface area contributed by atoms with Gasteiger partial charge in [0.05, 0.1) is 0 Å². The number of carbonyl (C=O) groups excluding carboxylic acids is 1. The van der Waals surface area contributed by atoms with Gasteiger partial charge >= 0.3 is 0 Å². The summed E-state index contributed by atoms with van der Waals surface area (Å²) in [7, 11) is 0. The van der Waals surface area contributed by atoms with Crippen LogP contribution in [0.4, 0.5) is 5.69 Å². The number of rotatable bonds is 6. The minimum Gasteiger partial charge on any atom is -0.385 e. The Morgan fingerprint density at radius 3 is 2.28 bits per heavy atom. The van der Waals surface area contributed by atoms with E-state index in [-0.39, 0.29) is 5.91 Å². The first-order valence-electron chi connectivity index (χ1n) is 6.63. The molecule has 18 heavy (non-hydrogen) atoms. The van der Waals surface area contributed by atoms with Crippen molar-refractivity contribution in [3.05, 3.63) is 28.8 Å². The molecule has 0 radical (unpaired) electrons. The predicted octanol–water partition coefficient (Wildman–Crippen LogP) is 2.94. The second kappa shape index (κ2) is 7.04. The van der Waals surface area contributed by atoms with Crippen LogP contribution in [0.5, 0.6) is 0 Å². The number of nitrogens with one attached hydrogen (secondary N) is 2. The highest BCUT2D eigenvalue weighted by atomic mass is 16.1. The lowest BCUT2D eigenvalue weighted by molar-refractivity contribution is -0.120. The smallest absolute Gasteiger partial charge is 0.219 e. The van der Waals surface area contributed by atoms with Gasteiger partial charge in [0.15, 0.2) is 0 Å². The van der Waals surface area contributed by atoms with Gasteiger partial charge in [0.25, 0.3) is 0 Å². The third-order valence-electron chi connectivity index (χ3n) is 2.98. The maximum absolute atomic E-state index is 11.1. The van der Waals surface area contributed by atoms with Crippen molar-refractivity contribution >= 4 is 11.6 Å². The van der Waals surface area contributed by atoms with Crippen LogP contribution in [0.2, 0.25) is 0 Å². The molecular weight excluding hydrogens is 224 g/mol.